The van der Waals surface area contributed by atoms with Crippen LogP contribution in [0.1, 0.15) is 25.8 Å². The molecule has 1 aliphatic rings. The fourth-order valence-corrected chi connectivity index (χ4v) is 3.74. The van der Waals surface area contributed by atoms with Crippen LogP contribution < -0.4 is 4.72 Å². The van der Waals surface area contributed by atoms with Gasteiger partial charge in [0.05, 0.1) is 23.4 Å². The van der Waals surface area contributed by atoms with Crippen molar-refractivity contribution in [2.75, 3.05) is 13.2 Å². The molecule has 0 spiro atoms. The molecule has 0 atom stereocenters. The minimum atomic E-state index is -3.64. The van der Waals surface area contributed by atoms with Gasteiger partial charge in [-0.05, 0) is 26.0 Å². The van der Waals surface area contributed by atoms with Gasteiger partial charge in [-0.3, -0.25) is 19.3 Å². The Morgan fingerprint density at radius 3 is 2.56 bits per heavy atom. The SMILES string of the molecule is CC(=N)/C(C(C)=O)=C(\O)COC(=O)CCN=C1NS(=O)(=O)c2ccccc21. The van der Waals surface area contributed by atoms with Crippen LogP contribution in [0.5, 0.6) is 0 Å². The zero-order valence-electron chi connectivity index (χ0n) is 14.8. The number of esters is 1. The molecule has 0 bridgehead atoms. The van der Waals surface area contributed by atoms with Gasteiger partial charge >= 0.3 is 5.97 Å². The number of rotatable bonds is 7. The van der Waals surface area contributed by atoms with Crippen LogP contribution in [0.2, 0.25) is 0 Å². The van der Waals surface area contributed by atoms with Gasteiger partial charge < -0.3 is 15.3 Å². The Morgan fingerprint density at radius 1 is 1.26 bits per heavy atom. The zero-order chi connectivity index (χ0) is 20.2. The molecule has 3 N–H and O–H groups in total. The maximum absolute atomic E-state index is 12.0. The van der Waals surface area contributed by atoms with Gasteiger partial charge in [0.25, 0.3) is 10.0 Å². The number of hydrogen-bond acceptors (Lipinski definition) is 8. The summed E-state index contributed by atoms with van der Waals surface area (Å²) < 4.78 is 31.1. The first-order valence-corrected chi connectivity index (χ1v) is 9.42. The van der Waals surface area contributed by atoms with E-state index in [9.17, 15) is 23.1 Å². The number of sulfonamides is 1. The third-order valence-electron chi connectivity index (χ3n) is 3.63. The topological polar surface area (TPSA) is 146 Å². The highest BCUT2D eigenvalue weighted by Gasteiger charge is 2.29. The molecule has 0 unspecified atom stereocenters. The minimum absolute atomic E-state index is 0.0291. The summed E-state index contributed by atoms with van der Waals surface area (Å²) in [5.74, 6) is -1.54. The van der Waals surface area contributed by atoms with Gasteiger partial charge in [-0.1, -0.05) is 12.1 Å². The lowest BCUT2D eigenvalue weighted by Crippen LogP contribution is -2.22. The van der Waals surface area contributed by atoms with Crippen LogP contribution in [-0.2, 0) is 24.3 Å². The number of nitrogens with one attached hydrogen (secondary N) is 2. The van der Waals surface area contributed by atoms with Gasteiger partial charge in [0, 0.05) is 11.3 Å². The number of fused-ring (bicyclic) bond motifs is 1. The molecule has 0 saturated carbocycles. The highest BCUT2D eigenvalue weighted by molar-refractivity contribution is 7.90. The maximum Gasteiger partial charge on any atom is 0.308 e. The largest absolute Gasteiger partial charge is 0.508 e. The second-order valence-electron chi connectivity index (χ2n) is 5.75. The van der Waals surface area contributed by atoms with E-state index in [0.29, 0.717) is 5.56 Å². The molecule has 0 aromatic heterocycles. The summed E-state index contributed by atoms with van der Waals surface area (Å²) in [5.41, 5.74) is 0.105. The molecule has 144 valence electrons. The van der Waals surface area contributed by atoms with E-state index in [1.807, 2.05) is 0 Å². The number of aliphatic hydroxyl groups excluding tert-OH is 1. The standard InChI is InChI=1S/C17H19N3O6S/c1-10(18)16(11(2)21)13(22)9-26-15(23)7-8-19-17-12-5-3-4-6-14(12)27(24,25)20-17/h3-6,18,22H,7-9H2,1-2H3,(H,19,20)/b16-13+,18-10?. The van der Waals surface area contributed by atoms with Gasteiger partial charge in [-0.25, -0.2) is 8.42 Å². The number of carbonyl (C=O) groups excluding carboxylic acids is 2. The van der Waals surface area contributed by atoms with E-state index in [1.54, 1.807) is 18.2 Å². The molecule has 0 radical (unpaired) electrons. The van der Waals surface area contributed by atoms with Crippen LogP contribution in [0.4, 0.5) is 0 Å². The Bertz CT molecular complexity index is 947. The molecular weight excluding hydrogens is 374 g/mol. The van der Waals surface area contributed by atoms with Crippen molar-refractivity contribution in [3.63, 3.8) is 0 Å². The molecule has 1 aromatic carbocycles. The predicted octanol–water partition coefficient (Wildman–Crippen LogP) is 1.10. The number of ether oxygens (including phenoxy) is 1. The van der Waals surface area contributed by atoms with E-state index in [1.165, 1.54) is 19.9 Å². The summed E-state index contributed by atoms with van der Waals surface area (Å²) in [4.78, 5) is 27.3. The molecule has 0 amide bonds. The van der Waals surface area contributed by atoms with Gasteiger partial charge in [0.2, 0.25) is 0 Å². The molecular formula is C17H19N3O6S. The lowest BCUT2D eigenvalue weighted by molar-refractivity contribution is -0.143. The lowest BCUT2D eigenvalue weighted by atomic mass is 10.1. The van der Waals surface area contributed by atoms with Crippen molar-refractivity contribution in [1.29, 1.82) is 5.41 Å². The fraction of sp³-hybridized carbons (Fsp3) is 0.294. The number of aliphatic hydroxyl groups is 1. The summed E-state index contributed by atoms with van der Waals surface area (Å²) in [6, 6.07) is 6.35. The Labute approximate surface area is 156 Å². The Hall–Kier alpha value is -3.01. The number of aliphatic imine (C=N–C) groups is 1. The molecule has 1 aliphatic heterocycles. The smallest absolute Gasteiger partial charge is 0.308 e. The number of ketones is 1. The first-order valence-electron chi connectivity index (χ1n) is 7.94. The minimum Gasteiger partial charge on any atom is -0.508 e. The summed E-state index contributed by atoms with van der Waals surface area (Å²) in [6.45, 7) is 1.97. The maximum atomic E-state index is 12.0. The van der Waals surface area contributed by atoms with Crippen molar-refractivity contribution >= 4 is 33.3 Å². The fourth-order valence-electron chi connectivity index (χ4n) is 2.49. The second-order valence-corrected chi connectivity index (χ2v) is 7.40. The number of Topliss-reactive ketones (excluding diaryl/α,β-unsaturated/α-hetero) is 1. The molecule has 10 heteroatoms. The number of benzene rings is 1. The van der Waals surface area contributed by atoms with Crippen LogP contribution in [0.3, 0.4) is 0 Å². The van der Waals surface area contributed by atoms with Crippen LogP contribution in [0, 0.1) is 5.41 Å². The summed E-state index contributed by atoms with van der Waals surface area (Å²) >= 11 is 0. The third kappa shape index (κ3) is 4.79. The highest BCUT2D eigenvalue weighted by Crippen LogP contribution is 2.22. The number of carbonyl (C=O) groups is 2. The first-order chi connectivity index (χ1) is 12.6. The lowest BCUT2D eigenvalue weighted by Gasteiger charge is -2.08. The van der Waals surface area contributed by atoms with E-state index in [0.717, 1.165) is 0 Å². The van der Waals surface area contributed by atoms with E-state index in [-0.39, 0.29) is 35.0 Å². The monoisotopic (exact) mass is 393 g/mol. The van der Waals surface area contributed by atoms with Crippen molar-refractivity contribution in [2.24, 2.45) is 4.99 Å². The molecule has 0 fully saturated rings. The zero-order valence-corrected chi connectivity index (χ0v) is 15.6. The number of allylic oxidation sites excluding steroid dienone is 1. The Morgan fingerprint density at radius 2 is 1.93 bits per heavy atom. The highest BCUT2D eigenvalue weighted by atomic mass is 32.2. The Kier molecular flexibility index (Phi) is 6.11. The molecule has 9 nitrogen and oxygen atoms in total. The Balaban J connectivity index is 1.96. The average Bonchev–Trinajstić information content (AvgIpc) is 2.83. The van der Waals surface area contributed by atoms with Gasteiger partial charge in [0.15, 0.2) is 5.78 Å². The van der Waals surface area contributed by atoms with Gasteiger partial charge in [-0.15, -0.1) is 0 Å². The van der Waals surface area contributed by atoms with Crippen molar-refractivity contribution in [3.8, 4) is 0 Å². The summed E-state index contributed by atoms with van der Waals surface area (Å²) in [5, 5.41) is 17.2. The van der Waals surface area contributed by atoms with Crippen molar-refractivity contribution in [1.82, 2.24) is 4.72 Å². The van der Waals surface area contributed by atoms with Crippen LogP contribution in [0.15, 0.2) is 45.5 Å². The van der Waals surface area contributed by atoms with Crippen molar-refractivity contribution in [2.45, 2.75) is 25.2 Å². The normalized spacial score (nSPS) is 16.9. The predicted molar refractivity (Wildman–Crippen MR) is 97.5 cm³/mol. The molecule has 0 saturated heterocycles. The molecule has 1 aromatic rings. The quantitative estimate of drug-likeness (QED) is 0.274. The third-order valence-corrected chi connectivity index (χ3v) is 5.03. The van der Waals surface area contributed by atoms with E-state index < -0.39 is 34.1 Å². The van der Waals surface area contributed by atoms with Crippen molar-refractivity contribution in [3.05, 3.63) is 41.2 Å². The number of hydrogen-bond donors (Lipinski definition) is 3. The van der Waals surface area contributed by atoms with Gasteiger partial charge in [-0.2, -0.15) is 0 Å². The van der Waals surface area contributed by atoms with Crippen LogP contribution in [-0.4, -0.2) is 50.0 Å². The van der Waals surface area contributed by atoms with Crippen LogP contribution in [0.25, 0.3) is 0 Å². The molecule has 27 heavy (non-hydrogen) atoms. The van der Waals surface area contributed by atoms with E-state index in [2.05, 4.69) is 9.71 Å². The second kappa shape index (κ2) is 8.12. The first kappa shape index (κ1) is 20.3. The van der Waals surface area contributed by atoms with Crippen LogP contribution >= 0.6 is 0 Å². The van der Waals surface area contributed by atoms with Crippen molar-refractivity contribution < 1.29 is 27.9 Å². The summed E-state index contributed by atoms with van der Waals surface area (Å²) in [7, 11) is -3.64. The van der Waals surface area contributed by atoms with E-state index >= 15 is 0 Å². The van der Waals surface area contributed by atoms with E-state index in [4.69, 9.17) is 10.1 Å². The molecule has 0 aliphatic carbocycles. The number of nitrogens with zero attached hydrogens (tertiary/aromatic N) is 1. The molecule has 1 heterocycles. The average molecular weight is 393 g/mol. The molecule has 2 rings (SSSR count). The van der Waals surface area contributed by atoms with Gasteiger partial charge in [0.1, 0.15) is 18.2 Å². The number of amidine groups is 1. The summed E-state index contributed by atoms with van der Waals surface area (Å²) in [6.07, 6.45) is -0.153.